The molecule has 0 unspecified atom stereocenters. The molecule has 0 bridgehead atoms. The van der Waals surface area contributed by atoms with Crippen LogP contribution in [0.5, 0.6) is 0 Å². The van der Waals surface area contributed by atoms with Crippen LogP contribution in [-0.2, 0) is 9.59 Å². The maximum Gasteiger partial charge on any atom is 0.318 e. The standard InChI is InChI=1S/C19H11N5O4/c25-17-10-16(23-19(17)26)18(24(27)28)15-6-5-14(22-15)9-13-4-3-12(21-13)8-11-2-1-7-20-11/h1-10H,(H,23,25,26). The van der Waals surface area contributed by atoms with Crippen LogP contribution in [0.4, 0.5) is 0 Å². The van der Waals surface area contributed by atoms with Gasteiger partial charge < -0.3 is 5.32 Å². The zero-order valence-corrected chi connectivity index (χ0v) is 14.2. The summed E-state index contributed by atoms with van der Waals surface area (Å²) in [5.74, 6) is -1.74. The smallest absolute Gasteiger partial charge is 0.313 e. The van der Waals surface area contributed by atoms with Crippen LogP contribution in [0.3, 0.4) is 0 Å². The summed E-state index contributed by atoms with van der Waals surface area (Å²) in [6.07, 6.45) is 16.4. The number of nitrogens with one attached hydrogen (secondary N) is 1. The number of carbonyl (C=O) groups excluding carboxylic acids is 2. The van der Waals surface area contributed by atoms with E-state index < -0.39 is 22.3 Å². The molecule has 28 heavy (non-hydrogen) atoms. The van der Waals surface area contributed by atoms with E-state index in [1.165, 1.54) is 6.08 Å². The molecule has 136 valence electrons. The van der Waals surface area contributed by atoms with Gasteiger partial charge >= 0.3 is 5.70 Å². The molecule has 0 radical (unpaired) electrons. The lowest BCUT2D eigenvalue weighted by Gasteiger charge is -2.00. The second kappa shape index (κ2) is 6.80. The highest BCUT2D eigenvalue weighted by Crippen LogP contribution is 2.23. The van der Waals surface area contributed by atoms with Crippen molar-refractivity contribution in [3.8, 4) is 0 Å². The number of amides is 1. The molecule has 0 atom stereocenters. The minimum atomic E-state index is -0.906. The van der Waals surface area contributed by atoms with E-state index in [-0.39, 0.29) is 11.4 Å². The van der Waals surface area contributed by atoms with Crippen LogP contribution in [0, 0.1) is 10.1 Å². The van der Waals surface area contributed by atoms with Gasteiger partial charge in [-0.25, -0.2) is 9.98 Å². The summed E-state index contributed by atoms with van der Waals surface area (Å²) < 4.78 is 0. The third-order valence-electron chi connectivity index (χ3n) is 3.94. The normalized spacial score (nSPS) is 24.4. The van der Waals surface area contributed by atoms with E-state index in [0.29, 0.717) is 11.4 Å². The Morgan fingerprint density at radius 1 is 1.00 bits per heavy atom. The second-order valence-corrected chi connectivity index (χ2v) is 5.88. The number of ketones is 1. The van der Waals surface area contributed by atoms with Gasteiger partial charge in [-0.05, 0) is 48.6 Å². The Bertz CT molecular complexity index is 1120. The van der Waals surface area contributed by atoms with E-state index in [9.17, 15) is 19.7 Å². The molecule has 0 saturated carbocycles. The monoisotopic (exact) mass is 373 g/mol. The Morgan fingerprint density at radius 3 is 2.43 bits per heavy atom. The molecule has 0 aromatic carbocycles. The van der Waals surface area contributed by atoms with Crippen molar-refractivity contribution in [1.29, 1.82) is 0 Å². The largest absolute Gasteiger partial charge is 0.318 e. The van der Waals surface area contributed by atoms with Gasteiger partial charge in [-0.2, -0.15) is 0 Å². The molecule has 0 aromatic heterocycles. The molecular formula is C19H11N5O4. The summed E-state index contributed by atoms with van der Waals surface area (Å²) in [5.41, 5.74) is 2.05. The lowest BCUT2D eigenvalue weighted by molar-refractivity contribution is -0.422. The number of rotatable bonds is 4. The molecular weight excluding hydrogens is 362 g/mol. The average molecular weight is 373 g/mol. The van der Waals surface area contributed by atoms with Crippen molar-refractivity contribution in [2.24, 2.45) is 15.0 Å². The number of hydrogen-bond donors (Lipinski definition) is 1. The van der Waals surface area contributed by atoms with Gasteiger partial charge in [0.25, 0.3) is 5.91 Å². The lowest BCUT2D eigenvalue weighted by Crippen LogP contribution is -2.23. The summed E-state index contributed by atoms with van der Waals surface area (Å²) in [6.45, 7) is 0. The van der Waals surface area contributed by atoms with Crippen LogP contribution in [0.2, 0.25) is 0 Å². The van der Waals surface area contributed by atoms with Gasteiger partial charge in [0.05, 0.1) is 27.7 Å². The summed E-state index contributed by atoms with van der Waals surface area (Å²) in [6, 6.07) is 0. The summed E-state index contributed by atoms with van der Waals surface area (Å²) >= 11 is 0. The first-order chi connectivity index (χ1) is 13.5. The van der Waals surface area contributed by atoms with Gasteiger partial charge in [0.2, 0.25) is 5.78 Å². The highest BCUT2D eigenvalue weighted by Gasteiger charge is 2.32. The summed E-state index contributed by atoms with van der Waals surface area (Å²) in [5, 5.41) is 13.6. The van der Waals surface area contributed by atoms with Crippen molar-refractivity contribution in [2.45, 2.75) is 0 Å². The molecule has 9 nitrogen and oxygen atoms in total. The summed E-state index contributed by atoms with van der Waals surface area (Å²) in [4.78, 5) is 46.2. The Hall–Kier alpha value is -4.27. The van der Waals surface area contributed by atoms with Crippen LogP contribution >= 0.6 is 0 Å². The van der Waals surface area contributed by atoms with Crippen molar-refractivity contribution in [2.75, 3.05) is 0 Å². The molecule has 0 saturated heterocycles. The Morgan fingerprint density at radius 2 is 1.75 bits per heavy atom. The van der Waals surface area contributed by atoms with Crippen LogP contribution in [0.1, 0.15) is 0 Å². The van der Waals surface area contributed by atoms with Crippen LogP contribution in [0.25, 0.3) is 0 Å². The third-order valence-corrected chi connectivity index (χ3v) is 3.94. The van der Waals surface area contributed by atoms with Gasteiger partial charge in [0, 0.05) is 12.3 Å². The first-order valence-electron chi connectivity index (χ1n) is 8.13. The predicted molar refractivity (Wildman–Crippen MR) is 102 cm³/mol. The van der Waals surface area contributed by atoms with Crippen molar-refractivity contribution in [3.63, 3.8) is 0 Å². The molecule has 1 N–H and O–H groups in total. The van der Waals surface area contributed by atoms with E-state index in [2.05, 4.69) is 20.3 Å². The van der Waals surface area contributed by atoms with Crippen molar-refractivity contribution < 1.29 is 14.5 Å². The molecule has 1 amide bonds. The number of aliphatic imine (C=N–C) groups is 3. The second-order valence-electron chi connectivity index (χ2n) is 5.88. The molecule has 9 heteroatoms. The first-order valence-corrected chi connectivity index (χ1v) is 8.13. The first kappa shape index (κ1) is 17.2. The fourth-order valence-electron chi connectivity index (χ4n) is 2.72. The van der Waals surface area contributed by atoms with E-state index in [1.54, 1.807) is 24.4 Å². The third kappa shape index (κ3) is 3.36. The molecule has 4 heterocycles. The highest BCUT2D eigenvalue weighted by molar-refractivity contribution is 6.43. The van der Waals surface area contributed by atoms with Crippen LogP contribution in [0.15, 0.2) is 98.1 Å². The SMILES string of the molecule is O=C1C=C(C(=C2C=CC(C=C3C=CC(C=C4C=CC=N4)=N3)=N2)[N+](=O)[O-])NC1=O. The van der Waals surface area contributed by atoms with Gasteiger partial charge in [0.1, 0.15) is 11.4 Å². The number of allylic oxidation sites excluding steroid dienone is 8. The maximum absolute atomic E-state index is 11.4. The van der Waals surface area contributed by atoms with Crippen LogP contribution < -0.4 is 5.32 Å². The molecule has 0 spiro atoms. The molecule has 4 aliphatic rings. The minimum Gasteiger partial charge on any atom is -0.313 e. The molecule has 0 aliphatic carbocycles. The quantitative estimate of drug-likeness (QED) is 0.455. The fraction of sp³-hybridized carbons (Fsp3) is 0. The van der Waals surface area contributed by atoms with E-state index in [4.69, 9.17) is 0 Å². The topological polar surface area (TPSA) is 126 Å². The number of carbonyl (C=O) groups is 2. The highest BCUT2D eigenvalue weighted by atomic mass is 16.6. The van der Waals surface area contributed by atoms with E-state index >= 15 is 0 Å². The number of nitrogens with zero attached hydrogens (tertiary/aromatic N) is 4. The molecule has 0 aromatic rings. The average Bonchev–Trinajstić information content (AvgIpc) is 3.41. The zero-order valence-electron chi connectivity index (χ0n) is 14.2. The predicted octanol–water partition coefficient (Wildman–Crippen LogP) is 1.49. The summed E-state index contributed by atoms with van der Waals surface area (Å²) in [7, 11) is 0. The fourth-order valence-corrected chi connectivity index (χ4v) is 2.72. The van der Waals surface area contributed by atoms with Gasteiger partial charge in [-0.15, -0.1) is 0 Å². The zero-order chi connectivity index (χ0) is 19.7. The molecule has 4 rings (SSSR count). The molecule has 0 fully saturated rings. The van der Waals surface area contributed by atoms with Gasteiger partial charge in [-0.1, -0.05) is 0 Å². The van der Waals surface area contributed by atoms with E-state index in [1.807, 2.05) is 24.3 Å². The van der Waals surface area contributed by atoms with Crippen molar-refractivity contribution in [1.82, 2.24) is 5.32 Å². The number of hydrogen-bond acceptors (Lipinski definition) is 7. The molecule has 4 aliphatic heterocycles. The van der Waals surface area contributed by atoms with Crippen molar-refractivity contribution in [3.05, 3.63) is 93.3 Å². The van der Waals surface area contributed by atoms with Crippen LogP contribution in [-0.4, -0.2) is 34.3 Å². The minimum absolute atomic E-state index is 0.0387. The Labute approximate surface area is 158 Å². The van der Waals surface area contributed by atoms with Crippen molar-refractivity contribution >= 4 is 29.3 Å². The van der Waals surface area contributed by atoms with Gasteiger partial charge in [-0.3, -0.25) is 24.7 Å². The maximum atomic E-state index is 11.4. The Balaban J connectivity index is 1.61. The Kier molecular flexibility index (Phi) is 4.17. The number of nitro groups is 1. The lowest BCUT2D eigenvalue weighted by atomic mass is 10.2. The van der Waals surface area contributed by atoms with E-state index in [0.717, 1.165) is 17.5 Å². The van der Waals surface area contributed by atoms with Gasteiger partial charge in [0.15, 0.2) is 0 Å².